The number of rotatable bonds is 9. The maximum Gasteiger partial charge on any atom is 0.255 e. The Kier molecular flexibility index (Phi) is 9.01. The van der Waals surface area contributed by atoms with Crippen LogP contribution in [0.2, 0.25) is 0 Å². The lowest BCUT2D eigenvalue weighted by molar-refractivity contribution is -0.121. The maximum absolute atomic E-state index is 13.3. The number of hydrazone groups is 1. The van der Waals surface area contributed by atoms with Gasteiger partial charge in [-0.2, -0.15) is 9.41 Å². The number of halogens is 2. The molecule has 0 unspecified atom stereocenters. The normalized spacial score (nSPS) is 11.7. The number of hydrogen-bond acceptors (Lipinski definition) is 5. The number of methoxy groups -OCH3 is 1. The third kappa shape index (κ3) is 6.99. The number of nitrogens with zero attached hydrogens (tertiary/aromatic N) is 2. The highest BCUT2D eigenvalue weighted by Crippen LogP contribution is 2.22. The van der Waals surface area contributed by atoms with Gasteiger partial charge in [0.2, 0.25) is 10.0 Å². The minimum atomic E-state index is -3.93. The highest BCUT2D eigenvalue weighted by molar-refractivity contribution is 9.10. The van der Waals surface area contributed by atoms with Gasteiger partial charge >= 0.3 is 0 Å². The molecular weight excluding hydrogens is 586 g/mol. The average molecular weight is 609 g/mol. The van der Waals surface area contributed by atoms with Gasteiger partial charge in [0.05, 0.1) is 24.8 Å². The first kappa shape index (κ1) is 26.1. The number of carbonyl (C=O) groups is 1. The number of amides is 1. The van der Waals surface area contributed by atoms with Crippen LogP contribution < -0.4 is 10.2 Å². The summed E-state index contributed by atoms with van der Waals surface area (Å²) in [5, 5.41) is 3.98. The Hall–Kier alpha value is -2.53. The van der Waals surface area contributed by atoms with Crippen molar-refractivity contribution in [2.75, 3.05) is 13.7 Å². The zero-order chi connectivity index (χ0) is 24.7. The van der Waals surface area contributed by atoms with Crippen LogP contribution >= 0.6 is 31.9 Å². The Balaban J connectivity index is 1.80. The molecule has 0 bridgehead atoms. The molecule has 3 aromatic carbocycles. The largest absolute Gasteiger partial charge is 0.496 e. The molecule has 0 aromatic heterocycles. The molecule has 0 heterocycles. The third-order valence-corrected chi connectivity index (χ3v) is 7.66. The van der Waals surface area contributed by atoms with Crippen LogP contribution in [0.3, 0.4) is 0 Å². The summed E-state index contributed by atoms with van der Waals surface area (Å²) in [7, 11) is -2.40. The fourth-order valence-corrected chi connectivity index (χ4v) is 5.08. The first-order valence-electron chi connectivity index (χ1n) is 10.2. The van der Waals surface area contributed by atoms with E-state index in [-0.39, 0.29) is 11.4 Å². The monoisotopic (exact) mass is 607 g/mol. The molecule has 0 fully saturated rings. The Morgan fingerprint density at radius 1 is 1.03 bits per heavy atom. The average Bonchev–Trinajstić information content (AvgIpc) is 2.80. The first-order chi connectivity index (χ1) is 16.2. The van der Waals surface area contributed by atoms with E-state index in [4.69, 9.17) is 4.74 Å². The van der Waals surface area contributed by atoms with Crippen LogP contribution in [0.4, 0.5) is 0 Å². The zero-order valence-electron chi connectivity index (χ0n) is 18.5. The molecular formula is C24H23Br2N3O4S. The molecule has 1 amide bonds. The van der Waals surface area contributed by atoms with Gasteiger partial charge in [0.15, 0.2) is 0 Å². The number of hydrogen-bond donors (Lipinski definition) is 1. The molecule has 3 rings (SSSR count). The smallest absolute Gasteiger partial charge is 0.255 e. The van der Waals surface area contributed by atoms with E-state index in [1.54, 1.807) is 36.4 Å². The summed E-state index contributed by atoms with van der Waals surface area (Å²) >= 11 is 6.76. The fourth-order valence-electron chi connectivity index (χ4n) is 3.05. The van der Waals surface area contributed by atoms with Gasteiger partial charge in [0.1, 0.15) is 5.75 Å². The van der Waals surface area contributed by atoms with Crippen molar-refractivity contribution in [3.05, 3.63) is 92.4 Å². The maximum atomic E-state index is 13.3. The van der Waals surface area contributed by atoms with E-state index < -0.39 is 22.5 Å². The van der Waals surface area contributed by atoms with E-state index in [2.05, 4.69) is 42.4 Å². The molecule has 0 saturated heterocycles. The van der Waals surface area contributed by atoms with Crippen molar-refractivity contribution < 1.29 is 17.9 Å². The molecule has 0 aliphatic heterocycles. The van der Waals surface area contributed by atoms with Crippen LogP contribution in [0.25, 0.3) is 0 Å². The molecule has 10 heteroatoms. The van der Waals surface area contributed by atoms with Crippen molar-refractivity contribution >= 4 is 54.0 Å². The molecule has 0 saturated carbocycles. The SMILES string of the molecule is COc1ccc(Br)cc1/C=N\NC(=O)CN(Cc1ccc(Br)cc1)S(=O)(=O)c1ccc(C)cc1. The highest BCUT2D eigenvalue weighted by atomic mass is 79.9. The van der Waals surface area contributed by atoms with E-state index in [9.17, 15) is 13.2 Å². The molecule has 34 heavy (non-hydrogen) atoms. The van der Waals surface area contributed by atoms with E-state index in [0.717, 1.165) is 24.4 Å². The first-order valence-corrected chi connectivity index (χ1v) is 13.2. The molecule has 0 aliphatic carbocycles. The predicted octanol–water partition coefficient (Wildman–Crippen LogP) is 4.87. The minimum Gasteiger partial charge on any atom is -0.496 e. The van der Waals surface area contributed by atoms with Gasteiger partial charge in [0.25, 0.3) is 5.91 Å². The summed E-state index contributed by atoms with van der Waals surface area (Å²) < 4.78 is 34.8. The van der Waals surface area contributed by atoms with Crippen molar-refractivity contribution in [2.45, 2.75) is 18.4 Å². The van der Waals surface area contributed by atoms with Crippen molar-refractivity contribution in [1.82, 2.24) is 9.73 Å². The summed E-state index contributed by atoms with van der Waals surface area (Å²) in [6.07, 6.45) is 1.44. The van der Waals surface area contributed by atoms with Gasteiger partial charge in [0, 0.05) is 21.1 Å². The zero-order valence-corrected chi connectivity index (χ0v) is 22.5. The number of carbonyl (C=O) groups excluding carboxylic acids is 1. The standard InChI is InChI=1S/C24H23Br2N3O4S/c1-17-3-10-22(11-4-17)34(31,32)29(15-18-5-7-20(25)8-6-18)16-24(30)28-27-14-19-13-21(26)9-12-23(19)33-2/h3-14H,15-16H2,1-2H3,(H,28,30)/b27-14-. The van der Waals surface area contributed by atoms with Crippen LogP contribution in [-0.2, 0) is 21.4 Å². The predicted molar refractivity (Wildman–Crippen MR) is 139 cm³/mol. The molecule has 3 aromatic rings. The molecule has 0 radical (unpaired) electrons. The van der Waals surface area contributed by atoms with Gasteiger partial charge in [-0.05, 0) is 55.0 Å². The van der Waals surface area contributed by atoms with Gasteiger partial charge in [-0.1, -0.05) is 61.7 Å². The van der Waals surface area contributed by atoms with Gasteiger partial charge in [-0.15, -0.1) is 0 Å². The van der Waals surface area contributed by atoms with E-state index in [1.807, 2.05) is 25.1 Å². The Bertz CT molecular complexity index is 1280. The second kappa shape index (κ2) is 11.7. The summed E-state index contributed by atoms with van der Waals surface area (Å²) in [4.78, 5) is 12.8. The molecule has 178 valence electrons. The van der Waals surface area contributed by atoms with Crippen LogP contribution in [-0.4, -0.2) is 38.5 Å². The van der Waals surface area contributed by atoms with Crippen molar-refractivity contribution in [3.63, 3.8) is 0 Å². The summed E-state index contributed by atoms with van der Waals surface area (Å²) in [6, 6.07) is 19.1. The van der Waals surface area contributed by atoms with Gasteiger partial charge in [-0.3, -0.25) is 4.79 Å². The van der Waals surface area contributed by atoms with Crippen molar-refractivity contribution in [2.24, 2.45) is 5.10 Å². The Morgan fingerprint density at radius 2 is 1.68 bits per heavy atom. The lowest BCUT2D eigenvalue weighted by atomic mass is 10.2. The lowest BCUT2D eigenvalue weighted by Crippen LogP contribution is -2.39. The number of ether oxygens (including phenoxy) is 1. The molecule has 0 atom stereocenters. The summed E-state index contributed by atoms with van der Waals surface area (Å²) in [6.45, 7) is 1.50. The van der Waals surface area contributed by atoms with Crippen molar-refractivity contribution in [3.8, 4) is 5.75 Å². The number of aryl methyl sites for hydroxylation is 1. The van der Waals surface area contributed by atoms with E-state index in [1.165, 1.54) is 25.5 Å². The highest BCUT2D eigenvalue weighted by Gasteiger charge is 2.27. The minimum absolute atomic E-state index is 0.0279. The van der Waals surface area contributed by atoms with Crippen LogP contribution in [0, 0.1) is 6.92 Å². The number of sulfonamides is 1. The number of benzene rings is 3. The summed E-state index contributed by atoms with van der Waals surface area (Å²) in [5.74, 6) is 0.0121. The Labute approximate surface area is 216 Å². The fraction of sp³-hybridized carbons (Fsp3) is 0.167. The molecule has 7 nitrogen and oxygen atoms in total. The van der Waals surface area contributed by atoms with Crippen LogP contribution in [0.5, 0.6) is 5.75 Å². The summed E-state index contributed by atoms with van der Waals surface area (Å²) in [5.41, 5.74) is 4.74. The second-order valence-corrected chi connectivity index (χ2v) is 11.2. The molecule has 1 N–H and O–H groups in total. The van der Waals surface area contributed by atoms with E-state index >= 15 is 0 Å². The lowest BCUT2D eigenvalue weighted by Gasteiger charge is -2.21. The third-order valence-electron chi connectivity index (χ3n) is 4.84. The quantitative estimate of drug-likeness (QED) is 0.277. The number of nitrogens with one attached hydrogen (secondary N) is 1. The van der Waals surface area contributed by atoms with Crippen LogP contribution in [0.1, 0.15) is 16.7 Å². The molecule has 0 spiro atoms. The van der Waals surface area contributed by atoms with E-state index in [0.29, 0.717) is 11.3 Å². The van der Waals surface area contributed by atoms with Crippen LogP contribution in [0.15, 0.2) is 85.7 Å². The molecule has 0 aliphatic rings. The van der Waals surface area contributed by atoms with Gasteiger partial charge < -0.3 is 4.74 Å². The topological polar surface area (TPSA) is 88.1 Å². The van der Waals surface area contributed by atoms with Gasteiger partial charge in [-0.25, -0.2) is 13.8 Å². The van der Waals surface area contributed by atoms with Crippen molar-refractivity contribution in [1.29, 1.82) is 0 Å². The second-order valence-electron chi connectivity index (χ2n) is 7.39. The Morgan fingerprint density at radius 3 is 2.32 bits per heavy atom.